The first kappa shape index (κ1) is 11.2. The van der Waals surface area contributed by atoms with Crippen LogP contribution in [0.15, 0.2) is 22.7 Å². The molecule has 3 heteroatoms. The van der Waals surface area contributed by atoms with Crippen LogP contribution in [-0.4, -0.2) is 13.1 Å². The van der Waals surface area contributed by atoms with E-state index >= 15 is 0 Å². The van der Waals surface area contributed by atoms with E-state index < -0.39 is 0 Å². The standard InChI is InChI=1S/C11H13BrO2/c1-7(2)10-6-8(12)4-5-9(10)11(13)14-3/h4-7H,1-3H3. The summed E-state index contributed by atoms with van der Waals surface area (Å²) in [6.45, 7) is 4.10. The number of carbonyl (C=O) groups excluding carboxylic acids is 1. The van der Waals surface area contributed by atoms with Gasteiger partial charge in [-0.05, 0) is 29.7 Å². The largest absolute Gasteiger partial charge is 0.465 e. The lowest BCUT2D eigenvalue weighted by molar-refractivity contribution is 0.0599. The highest BCUT2D eigenvalue weighted by Crippen LogP contribution is 2.24. The summed E-state index contributed by atoms with van der Waals surface area (Å²) in [4.78, 5) is 11.4. The number of carbonyl (C=O) groups is 1. The minimum absolute atomic E-state index is 0.277. The Balaban J connectivity index is 3.21. The molecule has 1 aromatic carbocycles. The predicted molar refractivity (Wildman–Crippen MR) is 59.6 cm³/mol. The van der Waals surface area contributed by atoms with Crippen LogP contribution in [0.1, 0.15) is 35.7 Å². The molecule has 0 fully saturated rings. The lowest BCUT2D eigenvalue weighted by Gasteiger charge is -2.11. The number of esters is 1. The van der Waals surface area contributed by atoms with Crippen LogP contribution in [-0.2, 0) is 4.74 Å². The fourth-order valence-electron chi connectivity index (χ4n) is 1.31. The van der Waals surface area contributed by atoms with Crippen molar-refractivity contribution in [1.29, 1.82) is 0 Å². The molecule has 0 aliphatic rings. The zero-order valence-corrected chi connectivity index (χ0v) is 10.1. The molecule has 0 amide bonds. The molecule has 1 rings (SSSR count). The summed E-state index contributed by atoms with van der Waals surface area (Å²) in [6, 6.07) is 5.58. The zero-order valence-electron chi connectivity index (χ0n) is 8.50. The predicted octanol–water partition coefficient (Wildman–Crippen LogP) is 3.36. The summed E-state index contributed by atoms with van der Waals surface area (Å²) in [5, 5.41) is 0. The Kier molecular flexibility index (Phi) is 3.69. The molecule has 0 saturated carbocycles. The molecule has 0 aliphatic carbocycles. The van der Waals surface area contributed by atoms with Gasteiger partial charge in [-0.3, -0.25) is 0 Å². The third-order valence-corrected chi connectivity index (χ3v) is 2.53. The number of benzene rings is 1. The van der Waals surface area contributed by atoms with Crippen molar-refractivity contribution >= 4 is 21.9 Å². The maximum Gasteiger partial charge on any atom is 0.338 e. The minimum Gasteiger partial charge on any atom is -0.465 e. The van der Waals surface area contributed by atoms with Crippen molar-refractivity contribution in [2.75, 3.05) is 7.11 Å². The van der Waals surface area contributed by atoms with Crippen molar-refractivity contribution in [3.05, 3.63) is 33.8 Å². The molecule has 0 heterocycles. The summed E-state index contributed by atoms with van der Waals surface area (Å²) < 4.78 is 5.69. The quantitative estimate of drug-likeness (QED) is 0.759. The molecule has 0 atom stereocenters. The topological polar surface area (TPSA) is 26.3 Å². The Labute approximate surface area is 92.4 Å². The van der Waals surface area contributed by atoms with Crippen molar-refractivity contribution in [2.24, 2.45) is 0 Å². The number of methoxy groups -OCH3 is 1. The monoisotopic (exact) mass is 256 g/mol. The lowest BCUT2D eigenvalue weighted by atomic mass is 9.97. The van der Waals surface area contributed by atoms with Crippen LogP contribution in [0, 0.1) is 0 Å². The highest BCUT2D eigenvalue weighted by molar-refractivity contribution is 9.10. The molecule has 0 aromatic heterocycles. The van der Waals surface area contributed by atoms with Crippen molar-refractivity contribution in [3.63, 3.8) is 0 Å². The molecule has 0 aliphatic heterocycles. The molecular weight excluding hydrogens is 244 g/mol. The number of ether oxygens (including phenoxy) is 1. The highest BCUT2D eigenvalue weighted by atomic mass is 79.9. The number of rotatable bonds is 2. The van der Waals surface area contributed by atoms with Crippen molar-refractivity contribution < 1.29 is 9.53 Å². The average Bonchev–Trinajstić information content (AvgIpc) is 2.16. The normalized spacial score (nSPS) is 10.4. The van der Waals surface area contributed by atoms with Gasteiger partial charge >= 0.3 is 5.97 Å². The molecular formula is C11H13BrO2. The molecule has 0 saturated heterocycles. The molecule has 1 aromatic rings. The molecule has 0 unspecified atom stereocenters. The SMILES string of the molecule is COC(=O)c1ccc(Br)cc1C(C)C. The summed E-state index contributed by atoms with van der Waals surface area (Å²) in [7, 11) is 1.40. The molecule has 0 spiro atoms. The van der Waals surface area contributed by atoms with Gasteiger partial charge in [-0.15, -0.1) is 0 Å². The van der Waals surface area contributed by atoms with Crippen molar-refractivity contribution in [3.8, 4) is 0 Å². The highest BCUT2D eigenvalue weighted by Gasteiger charge is 2.13. The summed E-state index contributed by atoms with van der Waals surface area (Å²) in [5.74, 6) is 0.0304. The first-order valence-corrected chi connectivity index (χ1v) is 5.23. The van der Waals surface area contributed by atoms with Gasteiger partial charge in [0.1, 0.15) is 0 Å². The first-order chi connectivity index (χ1) is 6.56. The van der Waals surface area contributed by atoms with Gasteiger partial charge in [0, 0.05) is 4.47 Å². The Bertz CT molecular complexity index is 345. The summed E-state index contributed by atoms with van der Waals surface area (Å²) in [5.41, 5.74) is 1.65. The number of hydrogen-bond acceptors (Lipinski definition) is 2. The second-order valence-electron chi connectivity index (χ2n) is 3.38. The summed E-state index contributed by atoms with van der Waals surface area (Å²) >= 11 is 3.38. The van der Waals surface area contributed by atoms with Crippen molar-refractivity contribution in [2.45, 2.75) is 19.8 Å². The zero-order chi connectivity index (χ0) is 10.7. The second kappa shape index (κ2) is 4.60. The fourth-order valence-corrected chi connectivity index (χ4v) is 1.69. The lowest BCUT2D eigenvalue weighted by Crippen LogP contribution is -2.06. The van der Waals surface area contributed by atoms with Gasteiger partial charge in [-0.25, -0.2) is 4.79 Å². The second-order valence-corrected chi connectivity index (χ2v) is 4.29. The van der Waals surface area contributed by atoms with Gasteiger partial charge in [0.2, 0.25) is 0 Å². The van der Waals surface area contributed by atoms with E-state index in [9.17, 15) is 4.79 Å². The molecule has 0 radical (unpaired) electrons. The maximum absolute atomic E-state index is 11.4. The van der Waals surface area contributed by atoms with Crippen LogP contribution in [0.4, 0.5) is 0 Å². The minimum atomic E-state index is -0.277. The Morgan fingerprint density at radius 1 is 1.43 bits per heavy atom. The van der Waals surface area contributed by atoms with E-state index in [0.29, 0.717) is 11.5 Å². The van der Waals surface area contributed by atoms with Gasteiger partial charge in [0.25, 0.3) is 0 Å². The number of halogens is 1. The molecule has 0 bridgehead atoms. The van der Waals surface area contributed by atoms with E-state index in [2.05, 4.69) is 15.9 Å². The van der Waals surface area contributed by atoms with Crippen LogP contribution in [0.25, 0.3) is 0 Å². The Hall–Kier alpha value is -0.830. The Morgan fingerprint density at radius 3 is 2.57 bits per heavy atom. The molecule has 2 nitrogen and oxygen atoms in total. The third kappa shape index (κ3) is 2.35. The summed E-state index contributed by atoms with van der Waals surface area (Å²) in [6.07, 6.45) is 0. The number of hydrogen-bond donors (Lipinski definition) is 0. The van der Waals surface area contributed by atoms with E-state index in [0.717, 1.165) is 10.0 Å². The average molecular weight is 257 g/mol. The van der Waals surface area contributed by atoms with Gasteiger partial charge in [-0.1, -0.05) is 29.8 Å². The van der Waals surface area contributed by atoms with E-state index in [-0.39, 0.29) is 5.97 Å². The van der Waals surface area contributed by atoms with Crippen LogP contribution >= 0.6 is 15.9 Å². The van der Waals surface area contributed by atoms with Gasteiger partial charge < -0.3 is 4.74 Å². The van der Waals surface area contributed by atoms with Gasteiger partial charge in [-0.2, -0.15) is 0 Å². The van der Waals surface area contributed by atoms with Gasteiger partial charge in [0.15, 0.2) is 0 Å². The van der Waals surface area contributed by atoms with Crippen molar-refractivity contribution in [1.82, 2.24) is 0 Å². The molecule has 14 heavy (non-hydrogen) atoms. The van der Waals surface area contributed by atoms with Crippen LogP contribution in [0.3, 0.4) is 0 Å². The molecule has 76 valence electrons. The smallest absolute Gasteiger partial charge is 0.338 e. The van der Waals surface area contributed by atoms with Crippen LogP contribution in [0.5, 0.6) is 0 Å². The maximum atomic E-state index is 11.4. The van der Waals surface area contributed by atoms with Crippen LogP contribution in [0.2, 0.25) is 0 Å². The van der Waals surface area contributed by atoms with Crippen LogP contribution < -0.4 is 0 Å². The third-order valence-electron chi connectivity index (χ3n) is 2.04. The van der Waals surface area contributed by atoms with Gasteiger partial charge in [0.05, 0.1) is 12.7 Å². The van der Waals surface area contributed by atoms with E-state index in [4.69, 9.17) is 4.74 Å². The van der Waals surface area contributed by atoms with E-state index in [1.54, 1.807) is 6.07 Å². The van der Waals surface area contributed by atoms with E-state index in [1.165, 1.54) is 7.11 Å². The first-order valence-electron chi connectivity index (χ1n) is 4.44. The Morgan fingerprint density at radius 2 is 2.07 bits per heavy atom. The van der Waals surface area contributed by atoms with E-state index in [1.807, 2.05) is 26.0 Å². The molecule has 0 N–H and O–H groups in total. The fraction of sp³-hybridized carbons (Fsp3) is 0.364.